The zero-order chi connectivity index (χ0) is 18.1. The lowest BCUT2D eigenvalue weighted by Crippen LogP contribution is -2.42. The first kappa shape index (κ1) is 17.0. The second-order valence-corrected chi connectivity index (χ2v) is 7.39. The van der Waals surface area contributed by atoms with Crippen LogP contribution in [-0.4, -0.2) is 34.1 Å². The van der Waals surface area contributed by atoms with Gasteiger partial charge in [0.2, 0.25) is 0 Å². The van der Waals surface area contributed by atoms with E-state index in [4.69, 9.17) is 0 Å². The highest BCUT2D eigenvalue weighted by Crippen LogP contribution is 2.30. The van der Waals surface area contributed by atoms with Crippen LogP contribution >= 0.6 is 0 Å². The molecule has 4 rings (SSSR count). The van der Waals surface area contributed by atoms with Crippen LogP contribution in [0.15, 0.2) is 59.4 Å². The third-order valence-corrected chi connectivity index (χ3v) is 5.44. The summed E-state index contributed by atoms with van der Waals surface area (Å²) in [6, 6.07) is 17.3. The van der Waals surface area contributed by atoms with Crippen molar-refractivity contribution in [1.82, 2.24) is 14.5 Å². The van der Waals surface area contributed by atoms with Crippen LogP contribution in [-0.2, 0) is 5.67 Å². The number of aromatic nitrogens is 2. The van der Waals surface area contributed by atoms with Gasteiger partial charge in [0, 0.05) is 25.7 Å². The van der Waals surface area contributed by atoms with Gasteiger partial charge >= 0.3 is 5.69 Å². The predicted octanol–water partition coefficient (Wildman–Crippen LogP) is 3.85. The second kappa shape index (κ2) is 6.72. The standard InChI is InChI=1S/C21H24FN3O/c1-21(22,16-7-3-2-4-8-16)15-24-13-11-17(12-14-24)25-19-10-6-5-9-18(19)23-20(25)26/h2-10,17H,11-15H2,1H3,(H,23,26)/t21-/m1/s1. The Kier molecular flexibility index (Phi) is 4.41. The van der Waals surface area contributed by atoms with Crippen LogP contribution in [0.5, 0.6) is 0 Å². The zero-order valence-electron chi connectivity index (χ0n) is 15.0. The molecule has 1 aliphatic rings. The quantitative estimate of drug-likeness (QED) is 0.774. The van der Waals surface area contributed by atoms with Crippen molar-refractivity contribution in [3.63, 3.8) is 0 Å². The van der Waals surface area contributed by atoms with E-state index >= 15 is 4.39 Å². The third-order valence-electron chi connectivity index (χ3n) is 5.44. The van der Waals surface area contributed by atoms with E-state index in [9.17, 15) is 4.79 Å². The molecule has 0 spiro atoms. The van der Waals surface area contributed by atoms with Gasteiger partial charge in [-0.15, -0.1) is 0 Å². The highest BCUT2D eigenvalue weighted by molar-refractivity contribution is 5.75. The van der Waals surface area contributed by atoms with E-state index in [-0.39, 0.29) is 11.7 Å². The Labute approximate surface area is 152 Å². The summed E-state index contributed by atoms with van der Waals surface area (Å²) < 4.78 is 17.0. The molecule has 1 fully saturated rings. The Morgan fingerprint density at radius 1 is 1.08 bits per heavy atom. The van der Waals surface area contributed by atoms with Crippen molar-refractivity contribution in [1.29, 1.82) is 0 Å². The minimum absolute atomic E-state index is 0.0516. The average molecular weight is 353 g/mol. The molecule has 0 amide bonds. The summed E-state index contributed by atoms with van der Waals surface area (Å²) in [5.74, 6) is 0. The number of alkyl halides is 1. The molecule has 1 saturated heterocycles. The van der Waals surface area contributed by atoms with Crippen molar-refractivity contribution in [3.8, 4) is 0 Å². The molecule has 0 bridgehead atoms. The number of halogens is 1. The lowest BCUT2D eigenvalue weighted by molar-refractivity contribution is 0.0834. The molecule has 0 aliphatic carbocycles. The first-order valence-electron chi connectivity index (χ1n) is 9.21. The Balaban J connectivity index is 1.46. The average Bonchev–Trinajstić information content (AvgIpc) is 2.99. The van der Waals surface area contributed by atoms with Gasteiger partial charge in [0.15, 0.2) is 0 Å². The van der Waals surface area contributed by atoms with E-state index in [1.807, 2.05) is 59.2 Å². The fourth-order valence-electron chi connectivity index (χ4n) is 4.07. The monoisotopic (exact) mass is 353 g/mol. The number of benzene rings is 2. The number of nitrogens with zero attached hydrogens (tertiary/aromatic N) is 2. The van der Waals surface area contributed by atoms with Crippen LogP contribution in [0.2, 0.25) is 0 Å². The number of imidazole rings is 1. The molecule has 26 heavy (non-hydrogen) atoms. The van der Waals surface area contributed by atoms with Crippen LogP contribution in [0.1, 0.15) is 31.4 Å². The van der Waals surface area contributed by atoms with Crippen LogP contribution in [0.25, 0.3) is 11.0 Å². The zero-order valence-corrected chi connectivity index (χ0v) is 15.0. The first-order chi connectivity index (χ1) is 12.5. The van der Waals surface area contributed by atoms with Gasteiger partial charge in [-0.2, -0.15) is 0 Å². The second-order valence-electron chi connectivity index (χ2n) is 7.39. The Hall–Kier alpha value is -2.40. The molecule has 136 valence electrons. The summed E-state index contributed by atoms with van der Waals surface area (Å²) in [5.41, 5.74) is 1.13. The molecule has 4 nitrogen and oxygen atoms in total. The van der Waals surface area contributed by atoms with E-state index in [0.29, 0.717) is 6.54 Å². The van der Waals surface area contributed by atoms with E-state index in [1.165, 1.54) is 0 Å². The highest BCUT2D eigenvalue weighted by Gasteiger charge is 2.31. The highest BCUT2D eigenvalue weighted by atomic mass is 19.1. The van der Waals surface area contributed by atoms with Crippen LogP contribution in [0.4, 0.5) is 4.39 Å². The van der Waals surface area contributed by atoms with Gasteiger partial charge in [0.1, 0.15) is 5.67 Å². The van der Waals surface area contributed by atoms with Crippen molar-refractivity contribution < 1.29 is 4.39 Å². The molecule has 2 aromatic carbocycles. The van der Waals surface area contributed by atoms with Gasteiger partial charge in [-0.25, -0.2) is 9.18 Å². The van der Waals surface area contributed by atoms with E-state index in [2.05, 4.69) is 9.88 Å². The normalized spacial score (nSPS) is 18.8. The number of fused-ring (bicyclic) bond motifs is 1. The van der Waals surface area contributed by atoms with Crippen LogP contribution in [0, 0.1) is 0 Å². The Morgan fingerprint density at radius 2 is 1.73 bits per heavy atom. The molecule has 1 atom stereocenters. The summed E-state index contributed by atoms with van der Waals surface area (Å²) in [4.78, 5) is 17.5. The molecule has 1 aromatic heterocycles. The minimum atomic E-state index is -1.37. The Morgan fingerprint density at radius 3 is 2.46 bits per heavy atom. The van der Waals surface area contributed by atoms with Gasteiger partial charge in [0.05, 0.1) is 11.0 Å². The molecule has 1 N–H and O–H groups in total. The number of nitrogens with one attached hydrogen (secondary N) is 1. The molecule has 0 radical (unpaired) electrons. The fourth-order valence-corrected chi connectivity index (χ4v) is 4.07. The molecule has 1 aliphatic heterocycles. The lowest BCUT2D eigenvalue weighted by atomic mass is 9.95. The maximum atomic E-state index is 15.1. The van der Waals surface area contributed by atoms with Crippen molar-refractivity contribution in [2.45, 2.75) is 31.5 Å². The van der Waals surface area contributed by atoms with Gasteiger partial charge in [-0.3, -0.25) is 9.47 Å². The molecule has 0 unspecified atom stereocenters. The van der Waals surface area contributed by atoms with Gasteiger partial charge in [-0.1, -0.05) is 42.5 Å². The van der Waals surface area contributed by atoms with Gasteiger partial charge < -0.3 is 4.98 Å². The number of para-hydroxylation sites is 2. The number of aromatic amines is 1. The summed E-state index contributed by atoms with van der Waals surface area (Å²) in [6.07, 6.45) is 1.71. The van der Waals surface area contributed by atoms with E-state index in [0.717, 1.165) is 42.5 Å². The number of piperidine rings is 1. The van der Waals surface area contributed by atoms with Gasteiger partial charge in [0.25, 0.3) is 0 Å². The summed E-state index contributed by atoms with van der Waals surface area (Å²) >= 11 is 0. The number of hydrogen-bond acceptors (Lipinski definition) is 2. The van der Waals surface area contributed by atoms with Crippen LogP contribution in [0.3, 0.4) is 0 Å². The van der Waals surface area contributed by atoms with E-state index in [1.54, 1.807) is 6.92 Å². The number of H-pyrrole nitrogens is 1. The number of likely N-dealkylation sites (tertiary alicyclic amines) is 1. The Bertz CT molecular complexity index is 937. The SMILES string of the molecule is C[C@@](F)(CN1CCC(n2c(=O)[nH]c3ccccc32)CC1)c1ccccc1. The van der Waals surface area contributed by atoms with Crippen molar-refractivity contribution >= 4 is 11.0 Å². The maximum absolute atomic E-state index is 15.1. The molecule has 5 heteroatoms. The fraction of sp³-hybridized carbons (Fsp3) is 0.381. The summed E-state index contributed by atoms with van der Waals surface area (Å²) in [7, 11) is 0. The largest absolute Gasteiger partial charge is 0.326 e. The first-order valence-corrected chi connectivity index (χ1v) is 9.21. The van der Waals surface area contributed by atoms with Gasteiger partial charge in [-0.05, 0) is 37.5 Å². The maximum Gasteiger partial charge on any atom is 0.326 e. The van der Waals surface area contributed by atoms with E-state index < -0.39 is 5.67 Å². The van der Waals surface area contributed by atoms with Crippen molar-refractivity contribution in [2.24, 2.45) is 0 Å². The third kappa shape index (κ3) is 3.19. The van der Waals surface area contributed by atoms with Crippen molar-refractivity contribution in [3.05, 3.63) is 70.6 Å². The summed E-state index contributed by atoms with van der Waals surface area (Å²) in [6.45, 7) is 3.62. The van der Waals surface area contributed by atoms with Crippen LogP contribution < -0.4 is 5.69 Å². The molecule has 3 aromatic rings. The summed E-state index contributed by atoms with van der Waals surface area (Å²) in [5, 5.41) is 0. The lowest BCUT2D eigenvalue weighted by Gasteiger charge is -2.36. The molecular weight excluding hydrogens is 329 g/mol. The number of hydrogen-bond donors (Lipinski definition) is 1. The smallest absolute Gasteiger partial charge is 0.306 e. The molecule has 0 saturated carbocycles. The molecular formula is C21H24FN3O. The topological polar surface area (TPSA) is 41.0 Å². The van der Waals surface area contributed by atoms with Crippen molar-refractivity contribution in [2.75, 3.05) is 19.6 Å². The number of rotatable bonds is 4. The molecule has 2 heterocycles. The minimum Gasteiger partial charge on any atom is -0.306 e. The predicted molar refractivity (Wildman–Crippen MR) is 102 cm³/mol.